The van der Waals surface area contributed by atoms with Crippen molar-refractivity contribution in [3.63, 3.8) is 0 Å². The minimum Gasteiger partial charge on any atom is -0.353 e. The zero-order valence-electron chi connectivity index (χ0n) is 13.9. The fraction of sp³-hybridized carbons (Fsp3) is 0.368. The summed E-state index contributed by atoms with van der Waals surface area (Å²) in [5.41, 5.74) is 0.943. The lowest BCUT2D eigenvalue weighted by Crippen LogP contribution is -2.40. The Morgan fingerprint density at radius 1 is 1.08 bits per heavy atom. The second-order valence-electron chi connectivity index (χ2n) is 6.32. The van der Waals surface area contributed by atoms with Crippen molar-refractivity contribution in [3.8, 4) is 0 Å². The number of halogens is 1. The normalized spacial score (nSPS) is 21.5. The number of carbonyl (C=O) groups is 1. The summed E-state index contributed by atoms with van der Waals surface area (Å²) < 4.78 is 25.6. The number of benzene rings is 1. The molecule has 1 atom stereocenters. The third-order valence-corrected chi connectivity index (χ3v) is 6.32. The summed E-state index contributed by atoms with van der Waals surface area (Å²) in [5.74, 6) is -0.310. The first-order valence-electron chi connectivity index (χ1n) is 8.46. The SMILES string of the molecule is O=C(Cc1ccncc1)NC1CCC(S(=O)c2ccc(F)cc2)CC1. The molecule has 0 saturated heterocycles. The van der Waals surface area contributed by atoms with E-state index in [-0.39, 0.29) is 23.0 Å². The van der Waals surface area contributed by atoms with E-state index in [4.69, 9.17) is 0 Å². The lowest BCUT2D eigenvalue weighted by molar-refractivity contribution is -0.121. The zero-order valence-corrected chi connectivity index (χ0v) is 14.7. The molecule has 1 amide bonds. The summed E-state index contributed by atoms with van der Waals surface area (Å²) in [6.07, 6.45) is 6.94. The van der Waals surface area contributed by atoms with Gasteiger partial charge >= 0.3 is 0 Å². The summed E-state index contributed by atoms with van der Waals surface area (Å²) in [6.45, 7) is 0. The molecule has 1 aromatic carbocycles. The number of pyridine rings is 1. The molecule has 1 N–H and O–H groups in total. The first-order chi connectivity index (χ1) is 12.1. The summed E-state index contributed by atoms with van der Waals surface area (Å²) in [7, 11) is -1.12. The van der Waals surface area contributed by atoms with Crippen molar-refractivity contribution >= 4 is 16.7 Å². The molecular weight excluding hydrogens is 339 g/mol. The van der Waals surface area contributed by atoms with E-state index in [1.54, 1.807) is 24.5 Å². The summed E-state index contributed by atoms with van der Waals surface area (Å²) >= 11 is 0. The molecule has 1 saturated carbocycles. The maximum absolute atomic E-state index is 13.0. The predicted octanol–water partition coefficient (Wildman–Crippen LogP) is 3.00. The van der Waals surface area contributed by atoms with Gasteiger partial charge in [0.2, 0.25) is 5.91 Å². The fourth-order valence-corrected chi connectivity index (χ4v) is 4.64. The maximum atomic E-state index is 13.0. The van der Waals surface area contributed by atoms with E-state index in [1.807, 2.05) is 12.1 Å². The Morgan fingerprint density at radius 2 is 1.72 bits per heavy atom. The molecule has 132 valence electrons. The van der Waals surface area contributed by atoms with Crippen LogP contribution in [0.1, 0.15) is 31.2 Å². The number of hydrogen-bond acceptors (Lipinski definition) is 3. The van der Waals surface area contributed by atoms with Crippen molar-refractivity contribution in [2.24, 2.45) is 0 Å². The molecule has 1 unspecified atom stereocenters. The van der Waals surface area contributed by atoms with Crippen molar-refractivity contribution in [3.05, 3.63) is 60.2 Å². The Hall–Kier alpha value is -2.08. The van der Waals surface area contributed by atoms with Gasteiger partial charge in [-0.2, -0.15) is 0 Å². The zero-order chi connectivity index (χ0) is 17.6. The van der Waals surface area contributed by atoms with Crippen molar-refractivity contribution < 1.29 is 13.4 Å². The molecule has 4 nitrogen and oxygen atoms in total. The van der Waals surface area contributed by atoms with Gasteiger partial charge in [0.05, 0.1) is 17.2 Å². The van der Waals surface area contributed by atoms with Crippen LogP contribution in [0.4, 0.5) is 4.39 Å². The van der Waals surface area contributed by atoms with E-state index < -0.39 is 10.8 Å². The van der Waals surface area contributed by atoms with Gasteiger partial charge in [-0.15, -0.1) is 0 Å². The molecule has 2 aromatic rings. The Balaban J connectivity index is 1.47. The number of carbonyl (C=O) groups excluding carboxylic acids is 1. The van der Waals surface area contributed by atoms with E-state index in [9.17, 15) is 13.4 Å². The average Bonchev–Trinajstić information content (AvgIpc) is 2.63. The van der Waals surface area contributed by atoms with Gasteiger partial charge in [-0.25, -0.2) is 4.39 Å². The third kappa shape index (κ3) is 4.95. The van der Waals surface area contributed by atoms with E-state index in [0.717, 1.165) is 31.2 Å². The van der Waals surface area contributed by atoms with Crippen molar-refractivity contribution in [2.45, 2.75) is 48.3 Å². The van der Waals surface area contributed by atoms with Crippen LogP contribution in [0, 0.1) is 5.82 Å². The molecule has 1 aliphatic rings. The highest BCUT2D eigenvalue weighted by molar-refractivity contribution is 7.85. The van der Waals surface area contributed by atoms with E-state index in [1.165, 1.54) is 12.1 Å². The molecule has 25 heavy (non-hydrogen) atoms. The average molecular weight is 360 g/mol. The van der Waals surface area contributed by atoms with Gasteiger partial charge in [0.15, 0.2) is 0 Å². The maximum Gasteiger partial charge on any atom is 0.224 e. The fourth-order valence-electron chi connectivity index (χ4n) is 3.15. The van der Waals surface area contributed by atoms with Crippen LogP contribution in [0.15, 0.2) is 53.7 Å². The Kier molecular flexibility index (Phi) is 5.91. The van der Waals surface area contributed by atoms with Crippen LogP contribution in [-0.2, 0) is 22.0 Å². The smallest absolute Gasteiger partial charge is 0.224 e. The molecule has 6 heteroatoms. The standard InChI is InChI=1S/C19H21FN2O2S/c20-15-1-5-17(6-2-15)25(24)18-7-3-16(4-8-18)22-19(23)13-14-9-11-21-12-10-14/h1-2,5-6,9-12,16,18H,3-4,7-8,13H2,(H,22,23). The number of aromatic nitrogens is 1. The van der Waals surface area contributed by atoms with Crippen LogP contribution in [0.2, 0.25) is 0 Å². The molecule has 0 spiro atoms. The Labute approximate surface area is 149 Å². The number of hydrogen-bond donors (Lipinski definition) is 1. The van der Waals surface area contributed by atoms with Crippen molar-refractivity contribution in [1.82, 2.24) is 10.3 Å². The van der Waals surface area contributed by atoms with E-state index >= 15 is 0 Å². The molecule has 0 aliphatic heterocycles. The second kappa shape index (κ2) is 8.34. The molecule has 1 aromatic heterocycles. The molecular formula is C19H21FN2O2S. The number of amides is 1. The minimum absolute atomic E-state index is 0.00862. The Morgan fingerprint density at radius 3 is 2.36 bits per heavy atom. The topological polar surface area (TPSA) is 59.1 Å². The number of nitrogens with one attached hydrogen (secondary N) is 1. The van der Waals surface area contributed by atoms with Crippen LogP contribution < -0.4 is 5.32 Å². The highest BCUT2D eigenvalue weighted by Crippen LogP contribution is 2.26. The summed E-state index contributed by atoms with van der Waals surface area (Å²) in [5, 5.41) is 3.13. The largest absolute Gasteiger partial charge is 0.353 e. The third-order valence-electron chi connectivity index (χ3n) is 4.50. The Bertz CT molecular complexity index is 729. The lowest BCUT2D eigenvalue weighted by atomic mass is 9.95. The lowest BCUT2D eigenvalue weighted by Gasteiger charge is -2.28. The molecule has 3 rings (SSSR count). The van der Waals surface area contributed by atoms with E-state index in [2.05, 4.69) is 10.3 Å². The molecule has 1 aliphatic carbocycles. The minimum atomic E-state index is -1.12. The van der Waals surface area contributed by atoms with Crippen molar-refractivity contribution in [1.29, 1.82) is 0 Å². The van der Waals surface area contributed by atoms with Crippen LogP contribution >= 0.6 is 0 Å². The molecule has 0 bridgehead atoms. The highest BCUT2D eigenvalue weighted by atomic mass is 32.2. The van der Waals surface area contributed by atoms with Crippen LogP contribution in [0.5, 0.6) is 0 Å². The van der Waals surface area contributed by atoms with Gasteiger partial charge < -0.3 is 5.32 Å². The van der Waals surface area contributed by atoms with Gasteiger partial charge in [0.1, 0.15) is 5.82 Å². The van der Waals surface area contributed by atoms with Crippen molar-refractivity contribution in [2.75, 3.05) is 0 Å². The number of nitrogens with zero attached hydrogens (tertiary/aromatic N) is 1. The first-order valence-corrected chi connectivity index (χ1v) is 9.67. The van der Waals surface area contributed by atoms with Crippen LogP contribution in [-0.4, -0.2) is 26.4 Å². The molecule has 1 fully saturated rings. The first kappa shape index (κ1) is 17.7. The summed E-state index contributed by atoms with van der Waals surface area (Å²) in [4.78, 5) is 16.7. The van der Waals surface area contributed by atoms with Crippen LogP contribution in [0.25, 0.3) is 0 Å². The monoisotopic (exact) mass is 360 g/mol. The van der Waals surface area contributed by atoms with Gasteiger partial charge in [-0.3, -0.25) is 14.0 Å². The van der Waals surface area contributed by atoms with Gasteiger partial charge in [-0.05, 0) is 67.6 Å². The van der Waals surface area contributed by atoms with Crippen LogP contribution in [0.3, 0.4) is 0 Å². The van der Waals surface area contributed by atoms with Gasteiger partial charge in [-0.1, -0.05) is 0 Å². The van der Waals surface area contributed by atoms with Gasteiger partial charge in [0, 0.05) is 28.6 Å². The number of rotatable bonds is 5. The van der Waals surface area contributed by atoms with E-state index in [0.29, 0.717) is 11.3 Å². The predicted molar refractivity (Wildman–Crippen MR) is 94.9 cm³/mol. The highest BCUT2D eigenvalue weighted by Gasteiger charge is 2.27. The van der Waals surface area contributed by atoms with Gasteiger partial charge in [0.25, 0.3) is 0 Å². The molecule has 1 heterocycles. The molecule has 0 radical (unpaired) electrons. The second-order valence-corrected chi connectivity index (χ2v) is 8.06. The summed E-state index contributed by atoms with van der Waals surface area (Å²) in [6, 6.07) is 9.68. The quantitative estimate of drug-likeness (QED) is 0.892.